The Kier molecular flexibility index (Phi) is 7.92. The molecule has 1 amide bonds. The van der Waals surface area contributed by atoms with Gasteiger partial charge in [0.25, 0.3) is 5.56 Å². The number of nitriles is 1. The van der Waals surface area contributed by atoms with Crippen LogP contribution < -0.4 is 15.8 Å². The lowest BCUT2D eigenvalue weighted by Gasteiger charge is -2.40. The standard InChI is InChI=1S/C42H40Cl2FN7O2/c1-21-28-17-32(40-25-14-26(51(40)42(54)22-11-12-22)20-50(19-25)33-9-4-10-34(53)49(33)2)52(39-24-16-31(39)47-18-24)41(28)29-15-23(6-5-13-46)35(37(45)38(29)48-21)27-7-3-8-30(43)36(27)44/h3-4,7-10,15,17,22,24-26,31,39-40,47H,5-6,11-12,14,16,18-20H2,1-2H3/t24-,25+,26-,31-,39+,40-/m1/s1. The summed E-state index contributed by atoms with van der Waals surface area (Å²) in [6.07, 6.45) is 4.30. The molecule has 12 heteroatoms. The van der Waals surface area contributed by atoms with Crippen LogP contribution in [0.15, 0.2) is 53.3 Å². The number of hydrogen-bond acceptors (Lipinski definition) is 6. The molecule has 0 unspecified atom stereocenters. The summed E-state index contributed by atoms with van der Waals surface area (Å²) >= 11 is 13.2. The number of carbonyl (C=O) groups excluding carboxylic acids is 1. The van der Waals surface area contributed by atoms with Crippen molar-refractivity contribution in [3.05, 3.63) is 91.7 Å². The van der Waals surface area contributed by atoms with Crippen molar-refractivity contribution >= 4 is 56.7 Å². The first-order valence-corrected chi connectivity index (χ1v) is 19.8. The number of halogens is 3. The van der Waals surface area contributed by atoms with Crippen LogP contribution in [0.1, 0.15) is 61.1 Å². The summed E-state index contributed by atoms with van der Waals surface area (Å²) in [7, 11) is 1.81. The first kappa shape index (κ1) is 34.1. The number of hydrogen-bond donors (Lipinski definition) is 1. The van der Waals surface area contributed by atoms with Crippen LogP contribution in [0, 0.1) is 41.8 Å². The minimum absolute atomic E-state index is 0.00384. The van der Waals surface area contributed by atoms with Gasteiger partial charge in [0.1, 0.15) is 11.3 Å². The molecule has 7 heterocycles. The second kappa shape index (κ2) is 12.6. The van der Waals surface area contributed by atoms with E-state index in [0.717, 1.165) is 54.6 Å². The maximum absolute atomic E-state index is 17.3. The Morgan fingerprint density at radius 1 is 1.07 bits per heavy atom. The lowest BCUT2D eigenvalue weighted by molar-refractivity contribution is -0.135. The lowest BCUT2D eigenvalue weighted by Crippen LogP contribution is -2.46. The minimum Gasteiger partial charge on any atom is -0.356 e. The maximum Gasteiger partial charge on any atom is 0.251 e. The van der Waals surface area contributed by atoms with Gasteiger partial charge >= 0.3 is 0 Å². The average molecular weight is 765 g/mol. The largest absolute Gasteiger partial charge is 0.356 e. The number of nitrogens with one attached hydrogen (secondary N) is 1. The Balaban J connectivity index is 1.21. The Morgan fingerprint density at radius 3 is 2.63 bits per heavy atom. The first-order chi connectivity index (χ1) is 26.1. The smallest absolute Gasteiger partial charge is 0.251 e. The second-order valence-electron chi connectivity index (χ2n) is 16.1. The third-order valence-electron chi connectivity index (χ3n) is 13.0. The van der Waals surface area contributed by atoms with Gasteiger partial charge in [-0.1, -0.05) is 41.4 Å². The zero-order chi connectivity index (χ0) is 37.2. The van der Waals surface area contributed by atoms with Crippen LogP contribution in [0.2, 0.25) is 10.0 Å². The molecule has 1 N–H and O–H groups in total. The van der Waals surface area contributed by atoms with Crippen LogP contribution in [-0.2, 0) is 18.3 Å². The number of likely N-dealkylation sites (tertiary alicyclic amines) is 1. The van der Waals surface area contributed by atoms with Gasteiger partial charge in [-0.25, -0.2) is 9.37 Å². The van der Waals surface area contributed by atoms with Crippen LogP contribution >= 0.6 is 23.2 Å². The molecule has 0 spiro atoms. The number of nitrogens with zero attached hydrogens (tertiary/aromatic N) is 6. The molecule has 4 saturated heterocycles. The monoisotopic (exact) mass is 763 g/mol. The minimum atomic E-state index is -0.481. The topological polar surface area (TPSA) is 99.2 Å². The van der Waals surface area contributed by atoms with Gasteiger partial charge in [-0.05, 0) is 74.8 Å². The number of fused-ring (bicyclic) bond motifs is 6. The second-order valence-corrected chi connectivity index (χ2v) is 16.9. The van der Waals surface area contributed by atoms with Crippen LogP contribution in [0.5, 0.6) is 0 Å². The van der Waals surface area contributed by atoms with E-state index in [1.165, 1.54) is 0 Å². The molecule has 6 atom stereocenters. The highest BCUT2D eigenvalue weighted by atomic mass is 35.5. The molecule has 4 bridgehead atoms. The molecule has 9 nitrogen and oxygen atoms in total. The number of amides is 1. The van der Waals surface area contributed by atoms with E-state index in [1.54, 1.807) is 28.8 Å². The van der Waals surface area contributed by atoms with E-state index in [4.69, 9.17) is 28.2 Å². The number of piperidine rings is 1. The molecule has 2 aliphatic carbocycles. The lowest BCUT2D eigenvalue weighted by atomic mass is 9.79. The summed E-state index contributed by atoms with van der Waals surface area (Å²) in [6.45, 7) is 4.22. The number of pyridine rings is 2. The first-order valence-electron chi connectivity index (χ1n) is 19.1. The van der Waals surface area contributed by atoms with Crippen molar-refractivity contribution in [1.29, 1.82) is 5.26 Å². The fourth-order valence-corrected chi connectivity index (χ4v) is 10.8. The summed E-state index contributed by atoms with van der Waals surface area (Å²) in [5, 5.41) is 15.6. The quantitative estimate of drug-likeness (QED) is 0.185. The van der Waals surface area contributed by atoms with Crippen LogP contribution in [0.4, 0.5) is 10.2 Å². The summed E-state index contributed by atoms with van der Waals surface area (Å²) in [5.41, 5.74) is 4.39. The fourth-order valence-electron chi connectivity index (χ4n) is 10.4. The van der Waals surface area contributed by atoms with Crippen molar-refractivity contribution in [3.8, 4) is 17.2 Å². The molecule has 6 aliphatic rings. The van der Waals surface area contributed by atoms with E-state index in [2.05, 4.69) is 31.8 Å². The molecular formula is C42H40Cl2FN7O2. The highest BCUT2D eigenvalue weighted by molar-refractivity contribution is 6.43. The highest BCUT2D eigenvalue weighted by Gasteiger charge is 2.55. The molecule has 0 radical (unpaired) electrons. The van der Waals surface area contributed by atoms with Crippen molar-refractivity contribution in [2.24, 2.45) is 24.8 Å². The molecule has 276 valence electrons. The van der Waals surface area contributed by atoms with E-state index in [-0.39, 0.29) is 64.4 Å². The summed E-state index contributed by atoms with van der Waals surface area (Å²) in [5.74, 6) is 1.16. The van der Waals surface area contributed by atoms with Crippen LogP contribution in [-0.4, -0.2) is 56.6 Å². The molecule has 4 aliphatic heterocycles. The van der Waals surface area contributed by atoms with E-state index >= 15 is 4.39 Å². The molecule has 2 saturated carbocycles. The zero-order valence-electron chi connectivity index (χ0n) is 30.2. The third kappa shape index (κ3) is 5.01. The number of carbonyl (C=O) groups is 1. The Labute approximate surface area is 322 Å². The fraction of sp³-hybridized carbons (Fsp3) is 0.429. The Hall–Kier alpha value is -4.43. The van der Waals surface area contributed by atoms with E-state index in [1.807, 2.05) is 32.2 Å². The number of rotatable bonds is 7. The van der Waals surface area contributed by atoms with E-state index in [9.17, 15) is 14.9 Å². The number of anilines is 1. The molecule has 5 aromatic rings. The van der Waals surface area contributed by atoms with Gasteiger partial charge in [-0.3, -0.25) is 14.2 Å². The van der Waals surface area contributed by atoms with Gasteiger partial charge in [0.2, 0.25) is 5.91 Å². The molecular weight excluding hydrogens is 724 g/mol. The van der Waals surface area contributed by atoms with Gasteiger partial charge in [-0.15, -0.1) is 0 Å². The van der Waals surface area contributed by atoms with E-state index in [0.29, 0.717) is 58.2 Å². The summed E-state index contributed by atoms with van der Waals surface area (Å²) < 4.78 is 21.5. The molecule has 2 aromatic carbocycles. The third-order valence-corrected chi connectivity index (χ3v) is 13.8. The molecule has 11 rings (SSSR count). The highest BCUT2D eigenvalue weighted by Crippen LogP contribution is 2.54. The maximum atomic E-state index is 17.3. The van der Waals surface area contributed by atoms with Crippen molar-refractivity contribution in [2.45, 2.75) is 69.6 Å². The summed E-state index contributed by atoms with van der Waals surface area (Å²) in [6, 6.07) is 17.3. The van der Waals surface area contributed by atoms with E-state index < -0.39 is 5.82 Å². The summed E-state index contributed by atoms with van der Waals surface area (Å²) in [4.78, 5) is 36.6. The van der Waals surface area contributed by atoms with Crippen molar-refractivity contribution in [2.75, 3.05) is 24.5 Å². The predicted octanol–water partition coefficient (Wildman–Crippen LogP) is 7.49. The van der Waals surface area contributed by atoms with Crippen molar-refractivity contribution in [1.82, 2.24) is 24.3 Å². The van der Waals surface area contributed by atoms with Crippen molar-refractivity contribution < 1.29 is 9.18 Å². The Bertz CT molecular complexity index is 2510. The normalized spacial score (nSPS) is 25.8. The SMILES string of the molecule is Cc1nc2c(F)c(-c3cccc(Cl)c3Cl)c(CCC#N)cc2c2c1cc([C@H]1[C@H]3C[C@H](CN(c4cccc(=O)n4C)C3)N1C(=O)C1CC1)n2[C@H]1[C@H]2CN[C@@H]1C2. The Morgan fingerprint density at radius 2 is 1.89 bits per heavy atom. The van der Waals surface area contributed by atoms with Crippen molar-refractivity contribution in [3.63, 3.8) is 0 Å². The number of aryl methyl sites for hydroxylation is 2. The molecule has 3 aromatic heterocycles. The van der Waals surface area contributed by atoms with Gasteiger partial charge in [0.05, 0.1) is 39.8 Å². The molecule has 6 fully saturated rings. The van der Waals surface area contributed by atoms with Gasteiger partial charge in [-0.2, -0.15) is 5.26 Å². The number of benzene rings is 2. The van der Waals surface area contributed by atoms with Gasteiger partial charge in [0, 0.05) is 90.3 Å². The molecule has 54 heavy (non-hydrogen) atoms. The zero-order valence-corrected chi connectivity index (χ0v) is 31.7. The van der Waals surface area contributed by atoms with Gasteiger partial charge in [0.15, 0.2) is 5.82 Å². The average Bonchev–Trinajstić information content (AvgIpc) is 3.44. The van der Waals surface area contributed by atoms with Crippen LogP contribution in [0.25, 0.3) is 32.9 Å². The predicted molar refractivity (Wildman–Crippen MR) is 208 cm³/mol. The number of aromatic nitrogens is 3. The van der Waals surface area contributed by atoms with Crippen LogP contribution in [0.3, 0.4) is 0 Å². The van der Waals surface area contributed by atoms with Gasteiger partial charge < -0.3 is 19.7 Å².